The van der Waals surface area contributed by atoms with Crippen molar-refractivity contribution < 1.29 is 18.3 Å². The summed E-state index contributed by atoms with van der Waals surface area (Å²) < 4.78 is 23.5. The topological polar surface area (TPSA) is 63.6 Å². The van der Waals surface area contributed by atoms with Crippen LogP contribution in [0.4, 0.5) is 0 Å². The zero-order valence-electron chi connectivity index (χ0n) is 7.28. The molecule has 5 heteroatoms. The Labute approximate surface area is 74.6 Å². The highest BCUT2D eigenvalue weighted by molar-refractivity contribution is 7.79. The van der Waals surface area contributed by atoms with Crippen molar-refractivity contribution in [3.8, 4) is 0 Å². The number of carbonyl (C=O) groups excluding carboxylic acids is 1. The van der Waals surface area contributed by atoms with E-state index < -0.39 is 11.1 Å². The molecule has 0 aromatic heterocycles. The summed E-state index contributed by atoms with van der Waals surface area (Å²) in [5.74, 6) is -0.272. The van der Waals surface area contributed by atoms with E-state index >= 15 is 0 Å². The van der Waals surface area contributed by atoms with E-state index in [2.05, 4.69) is 4.74 Å². The van der Waals surface area contributed by atoms with E-state index in [1.807, 2.05) is 0 Å². The highest BCUT2D eigenvalue weighted by atomic mass is 32.2. The highest BCUT2D eigenvalue weighted by Gasteiger charge is 2.09. The fraction of sp³-hybridized carbons (Fsp3) is 0.857. The van der Waals surface area contributed by atoms with Gasteiger partial charge in [0.15, 0.2) is 11.1 Å². The largest absolute Gasteiger partial charge is 0.469 e. The maximum absolute atomic E-state index is 10.6. The average Bonchev–Trinajstić information content (AvgIpc) is 2.03. The van der Waals surface area contributed by atoms with Crippen LogP contribution in [0.15, 0.2) is 0 Å². The molecule has 0 aliphatic rings. The molecule has 72 valence electrons. The maximum atomic E-state index is 10.6. The molecule has 0 rings (SSSR count). The van der Waals surface area contributed by atoms with Gasteiger partial charge in [-0.3, -0.25) is 4.79 Å². The van der Waals surface area contributed by atoms with Crippen molar-refractivity contribution in [2.45, 2.75) is 31.4 Å². The summed E-state index contributed by atoms with van der Waals surface area (Å²) in [5.41, 5.74) is 0. The second-order valence-corrected chi connectivity index (χ2v) is 3.91. The zero-order chi connectivity index (χ0) is 9.56. The Bertz CT molecular complexity index is 169. The van der Waals surface area contributed by atoms with E-state index in [4.69, 9.17) is 4.55 Å². The van der Waals surface area contributed by atoms with Crippen LogP contribution in [0.25, 0.3) is 0 Å². The van der Waals surface area contributed by atoms with E-state index in [0.717, 1.165) is 0 Å². The first-order valence-electron chi connectivity index (χ1n) is 3.74. The number of rotatable bonds is 5. The van der Waals surface area contributed by atoms with Crippen LogP contribution in [0.2, 0.25) is 0 Å². The van der Waals surface area contributed by atoms with Gasteiger partial charge >= 0.3 is 5.97 Å². The summed E-state index contributed by atoms with van der Waals surface area (Å²) in [6, 6.07) is 0. The summed E-state index contributed by atoms with van der Waals surface area (Å²) >= 11 is -1.78. The molecule has 2 atom stereocenters. The summed E-state index contributed by atoms with van der Waals surface area (Å²) in [6.07, 6.45) is 1.48. The fourth-order valence-corrected chi connectivity index (χ4v) is 1.11. The summed E-state index contributed by atoms with van der Waals surface area (Å²) in [5, 5.41) is -0.269. The van der Waals surface area contributed by atoms with Crippen LogP contribution in [0.1, 0.15) is 26.2 Å². The summed E-state index contributed by atoms with van der Waals surface area (Å²) in [4.78, 5) is 10.6. The molecule has 0 aliphatic carbocycles. The smallest absolute Gasteiger partial charge is 0.305 e. The molecule has 0 amide bonds. The van der Waals surface area contributed by atoms with Crippen molar-refractivity contribution in [1.29, 1.82) is 0 Å². The van der Waals surface area contributed by atoms with Crippen LogP contribution in [0, 0.1) is 0 Å². The molecule has 0 saturated heterocycles. The molecule has 0 bridgehead atoms. The lowest BCUT2D eigenvalue weighted by Gasteiger charge is -2.04. The van der Waals surface area contributed by atoms with Crippen LogP contribution in [0.3, 0.4) is 0 Å². The Morgan fingerprint density at radius 3 is 2.67 bits per heavy atom. The molecule has 0 fully saturated rings. The molecule has 12 heavy (non-hydrogen) atoms. The molecule has 0 radical (unpaired) electrons. The summed E-state index contributed by atoms with van der Waals surface area (Å²) in [6.45, 7) is 1.67. The van der Waals surface area contributed by atoms with E-state index in [-0.39, 0.29) is 11.2 Å². The summed E-state index contributed by atoms with van der Waals surface area (Å²) in [7, 11) is 1.33. The molecule has 0 aromatic carbocycles. The van der Waals surface area contributed by atoms with Gasteiger partial charge in [-0.1, -0.05) is 0 Å². The van der Waals surface area contributed by atoms with Crippen LogP contribution in [-0.2, 0) is 20.6 Å². The number of hydrogen-bond donors (Lipinski definition) is 1. The van der Waals surface area contributed by atoms with Gasteiger partial charge in [-0.15, -0.1) is 0 Å². The molecule has 0 aromatic rings. The molecule has 0 saturated carbocycles. The number of methoxy groups -OCH3 is 1. The van der Waals surface area contributed by atoms with Crippen molar-refractivity contribution in [3.05, 3.63) is 0 Å². The third-order valence-corrected chi connectivity index (χ3v) is 2.49. The van der Waals surface area contributed by atoms with Crippen LogP contribution in [-0.4, -0.2) is 27.1 Å². The lowest BCUT2D eigenvalue weighted by Crippen LogP contribution is -2.10. The molecule has 1 N–H and O–H groups in total. The standard InChI is InChI=1S/C7H14O4S/c1-6(12(9)10)4-3-5-7(8)11-2/h6H,3-5H2,1-2H3,(H,9,10). The number of esters is 1. The van der Waals surface area contributed by atoms with Gasteiger partial charge in [0.1, 0.15) is 0 Å². The minimum absolute atomic E-state index is 0.269. The Morgan fingerprint density at radius 1 is 1.67 bits per heavy atom. The van der Waals surface area contributed by atoms with Gasteiger partial charge in [-0.2, -0.15) is 0 Å². The third-order valence-electron chi connectivity index (χ3n) is 1.56. The first-order chi connectivity index (χ1) is 5.57. The van der Waals surface area contributed by atoms with Gasteiger partial charge in [0.25, 0.3) is 0 Å². The Balaban J connectivity index is 3.43. The fourth-order valence-electron chi connectivity index (χ4n) is 0.737. The van der Waals surface area contributed by atoms with Crippen LogP contribution < -0.4 is 0 Å². The zero-order valence-corrected chi connectivity index (χ0v) is 8.10. The number of hydrogen-bond acceptors (Lipinski definition) is 3. The quantitative estimate of drug-likeness (QED) is 0.522. The second kappa shape index (κ2) is 6.14. The molecular formula is C7H14O4S. The predicted octanol–water partition coefficient (Wildman–Crippen LogP) is 0.940. The van der Waals surface area contributed by atoms with E-state index in [1.165, 1.54) is 7.11 Å². The van der Waals surface area contributed by atoms with Gasteiger partial charge in [0.05, 0.1) is 12.4 Å². The minimum Gasteiger partial charge on any atom is -0.469 e. The van der Waals surface area contributed by atoms with Gasteiger partial charge < -0.3 is 9.29 Å². The van der Waals surface area contributed by atoms with Crippen molar-refractivity contribution in [2.24, 2.45) is 0 Å². The molecule has 4 nitrogen and oxygen atoms in total. The van der Waals surface area contributed by atoms with Crippen LogP contribution in [0.5, 0.6) is 0 Å². The normalized spacial score (nSPS) is 15.2. The van der Waals surface area contributed by atoms with Crippen molar-refractivity contribution >= 4 is 17.0 Å². The molecule has 0 heterocycles. The lowest BCUT2D eigenvalue weighted by molar-refractivity contribution is -0.140. The van der Waals surface area contributed by atoms with Crippen molar-refractivity contribution in [1.82, 2.24) is 0 Å². The van der Waals surface area contributed by atoms with Gasteiger partial charge in [-0.05, 0) is 19.8 Å². The van der Waals surface area contributed by atoms with Gasteiger partial charge in [0, 0.05) is 6.42 Å². The average molecular weight is 194 g/mol. The monoisotopic (exact) mass is 194 g/mol. The second-order valence-electron chi connectivity index (χ2n) is 2.56. The van der Waals surface area contributed by atoms with E-state index in [0.29, 0.717) is 19.3 Å². The lowest BCUT2D eigenvalue weighted by atomic mass is 10.2. The van der Waals surface area contributed by atoms with E-state index in [9.17, 15) is 9.00 Å². The van der Waals surface area contributed by atoms with Crippen molar-refractivity contribution in [2.75, 3.05) is 7.11 Å². The number of ether oxygens (including phenoxy) is 1. The molecule has 0 spiro atoms. The predicted molar refractivity (Wildman–Crippen MR) is 46.1 cm³/mol. The van der Waals surface area contributed by atoms with Gasteiger partial charge in [-0.25, -0.2) is 4.21 Å². The minimum atomic E-state index is -1.78. The highest BCUT2D eigenvalue weighted by Crippen LogP contribution is 2.05. The molecule has 0 aliphatic heterocycles. The SMILES string of the molecule is COC(=O)CCCC(C)S(=O)O. The van der Waals surface area contributed by atoms with Crippen molar-refractivity contribution in [3.63, 3.8) is 0 Å². The Morgan fingerprint density at radius 2 is 2.25 bits per heavy atom. The van der Waals surface area contributed by atoms with Gasteiger partial charge in [0.2, 0.25) is 0 Å². The maximum Gasteiger partial charge on any atom is 0.305 e. The first-order valence-corrected chi connectivity index (χ1v) is 4.91. The number of carbonyl (C=O) groups is 1. The first kappa shape index (κ1) is 11.6. The van der Waals surface area contributed by atoms with Crippen LogP contribution >= 0.6 is 0 Å². The molecular weight excluding hydrogens is 180 g/mol. The Hall–Kier alpha value is -0.420. The van der Waals surface area contributed by atoms with E-state index in [1.54, 1.807) is 6.92 Å². The third kappa shape index (κ3) is 5.26. The molecule has 2 unspecified atom stereocenters. The Kier molecular flexibility index (Phi) is 5.92.